The smallest absolute Gasteiger partial charge is 0.428 e. The number of rotatable bonds is 6. The lowest BCUT2D eigenvalue weighted by molar-refractivity contribution is -0.253. The van der Waals surface area contributed by atoms with E-state index in [0.29, 0.717) is 16.2 Å². The molecule has 0 saturated carbocycles. The molecule has 1 aromatic carbocycles. The molecule has 1 atom stereocenters. The molecular weight excluding hydrogens is 334 g/mol. The zero-order chi connectivity index (χ0) is 17.2. The number of benzene rings is 1. The third-order valence-corrected chi connectivity index (χ3v) is 3.62. The summed E-state index contributed by atoms with van der Waals surface area (Å²) in [4.78, 5) is 0. The fourth-order valence-electron chi connectivity index (χ4n) is 2.00. The van der Waals surface area contributed by atoms with Crippen LogP contribution in [-0.4, -0.2) is 27.3 Å². The summed E-state index contributed by atoms with van der Waals surface area (Å²) in [5, 5.41) is 6.73. The number of nitrogens with zero attached hydrogens (tertiary/aromatic N) is 2. The quantitative estimate of drug-likeness (QED) is 0.601. The average Bonchev–Trinajstić information content (AvgIpc) is 2.88. The highest BCUT2D eigenvalue weighted by Gasteiger charge is 2.44. The molecule has 0 saturated heterocycles. The minimum absolute atomic E-state index is 0.0309. The number of hydrogen-bond acceptors (Lipinski definition) is 3. The van der Waals surface area contributed by atoms with Crippen LogP contribution in [0, 0.1) is 4.77 Å². The first kappa shape index (κ1) is 17.5. The highest BCUT2D eigenvalue weighted by Crippen LogP contribution is 2.31. The second kappa shape index (κ2) is 6.69. The summed E-state index contributed by atoms with van der Waals surface area (Å²) in [5.74, 6) is 0.0487. The van der Waals surface area contributed by atoms with Gasteiger partial charge in [-0.05, 0) is 37.7 Å². The van der Waals surface area contributed by atoms with E-state index < -0.39 is 12.5 Å². The van der Waals surface area contributed by atoms with Crippen molar-refractivity contribution < 1.29 is 22.3 Å². The third kappa shape index (κ3) is 3.72. The lowest BCUT2D eigenvalue weighted by atomic mass is 10.2. The van der Waals surface area contributed by atoms with Gasteiger partial charge in [0.2, 0.25) is 0 Å². The number of ether oxygens (including phenoxy) is 1. The van der Waals surface area contributed by atoms with Gasteiger partial charge in [-0.3, -0.25) is 9.67 Å². The monoisotopic (exact) mass is 349 g/mol. The Labute approximate surface area is 135 Å². The standard InChI is InChI=1S/C14H15F4N3OS/c1-3-8(2)21-11(19-20-13(21)23)9-5-4-6-10(7-9)22-14(17,18)12(15)16/h4-8,12H,3H2,1-2H3,(H,20,23). The summed E-state index contributed by atoms with van der Waals surface area (Å²) in [6, 6.07) is 5.46. The number of nitrogens with one attached hydrogen (secondary N) is 1. The molecule has 0 aliphatic carbocycles. The van der Waals surface area contributed by atoms with Gasteiger partial charge in [-0.25, -0.2) is 0 Å². The van der Waals surface area contributed by atoms with Crippen LogP contribution in [0.25, 0.3) is 11.4 Å². The summed E-state index contributed by atoms with van der Waals surface area (Å²) in [6.45, 7) is 3.89. The average molecular weight is 349 g/mol. The van der Waals surface area contributed by atoms with Crippen LogP contribution < -0.4 is 4.74 Å². The topological polar surface area (TPSA) is 42.8 Å². The predicted octanol–water partition coefficient (Wildman–Crippen LogP) is 4.82. The highest BCUT2D eigenvalue weighted by molar-refractivity contribution is 7.71. The van der Waals surface area contributed by atoms with Crippen molar-refractivity contribution in [3.8, 4) is 17.1 Å². The number of alkyl halides is 4. The molecule has 0 bridgehead atoms. The Bertz CT molecular complexity index is 729. The van der Waals surface area contributed by atoms with Gasteiger partial charge in [0, 0.05) is 11.6 Å². The number of aromatic nitrogens is 3. The summed E-state index contributed by atoms with van der Waals surface area (Å²) >= 11 is 5.16. The molecule has 0 aliphatic heterocycles. The molecule has 0 aliphatic rings. The first-order valence-corrected chi connectivity index (χ1v) is 7.29. The van der Waals surface area contributed by atoms with Gasteiger partial charge in [0.1, 0.15) is 5.75 Å². The Balaban J connectivity index is 2.40. The molecule has 0 fully saturated rings. The van der Waals surface area contributed by atoms with Crippen LogP contribution in [0.2, 0.25) is 0 Å². The molecule has 0 spiro atoms. The summed E-state index contributed by atoms with van der Waals surface area (Å²) < 4.78 is 56.7. The van der Waals surface area contributed by atoms with Crippen LogP contribution in [0.4, 0.5) is 17.6 Å². The zero-order valence-electron chi connectivity index (χ0n) is 12.4. The van der Waals surface area contributed by atoms with Crippen molar-refractivity contribution in [3.05, 3.63) is 29.0 Å². The number of aromatic amines is 1. The summed E-state index contributed by atoms with van der Waals surface area (Å²) in [6.07, 6.45) is -7.69. The van der Waals surface area contributed by atoms with Crippen molar-refractivity contribution in [1.82, 2.24) is 14.8 Å². The van der Waals surface area contributed by atoms with Crippen LogP contribution in [-0.2, 0) is 0 Å². The van der Waals surface area contributed by atoms with Gasteiger partial charge in [-0.2, -0.15) is 22.7 Å². The number of H-pyrrole nitrogens is 1. The van der Waals surface area contributed by atoms with Crippen molar-refractivity contribution in [2.75, 3.05) is 0 Å². The van der Waals surface area contributed by atoms with Crippen LogP contribution in [0.15, 0.2) is 24.3 Å². The van der Waals surface area contributed by atoms with Gasteiger partial charge in [0.25, 0.3) is 0 Å². The molecule has 0 amide bonds. The molecule has 23 heavy (non-hydrogen) atoms. The van der Waals surface area contributed by atoms with Crippen molar-refractivity contribution in [3.63, 3.8) is 0 Å². The van der Waals surface area contributed by atoms with E-state index in [1.165, 1.54) is 18.2 Å². The Morgan fingerprint density at radius 2 is 2.09 bits per heavy atom. The van der Waals surface area contributed by atoms with Crippen LogP contribution in [0.5, 0.6) is 5.75 Å². The van der Waals surface area contributed by atoms with Gasteiger partial charge in [-0.1, -0.05) is 19.1 Å². The molecule has 126 valence electrons. The van der Waals surface area contributed by atoms with Gasteiger partial charge < -0.3 is 4.74 Å². The summed E-state index contributed by atoms with van der Waals surface area (Å²) in [5.41, 5.74) is 0.431. The van der Waals surface area contributed by atoms with Crippen molar-refractivity contribution >= 4 is 12.2 Å². The largest absolute Gasteiger partial charge is 0.461 e. The minimum atomic E-state index is -4.56. The van der Waals surface area contributed by atoms with E-state index in [0.717, 1.165) is 6.42 Å². The number of hydrogen-bond donors (Lipinski definition) is 1. The van der Waals surface area contributed by atoms with Crippen LogP contribution in [0.3, 0.4) is 0 Å². The molecule has 1 heterocycles. The molecule has 0 radical (unpaired) electrons. The molecule has 4 nitrogen and oxygen atoms in total. The maximum Gasteiger partial charge on any atom is 0.461 e. The molecule has 1 unspecified atom stereocenters. The molecule has 2 aromatic rings. The molecule has 1 N–H and O–H groups in total. The van der Waals surface area contributed by atoms with E-state index in [9.17, 15) is 17.6 Å². The molecule has 9 heteroatoms. The normalized spacial score (nSPS) is 13.3. The van der Waals surface area contributed by atoms with E-state index in [1.54, 1.807) is 10.6 Å². The maximum atomic E-state index is 13.0. The van der Waals surface area contributed by atoms with Crippen LogP contribution >= 0.6 is 12.2 Å². The van der Waals surface area contributed by atoms with E-state index in [1.807, 2.05) is 13.8 Å². The van der Waals surface area contributed by atoms with Gasteiger partial charge in [0.15, 0.2) is 10.6 Å². The fourth-order valence-corrected chi connectivity index (χ4v) is 2.31. The second-order valence-corrected chi connectivity index (χ2v) is 5.36. The van der Waals surface area contributed by atoms with Gasteiger partial charge >= 0.3 is 12.5 Å². The van der Waals surface area contributed by atoms with E-state index in [-0.39, 0.29) is 11.8 Å². The Morgan fingerprint density at radius 3 is 2.70 bits per heavy atom. The Morgan fingerprint density at radius 1 is 1.39 bits per heavy atom. The van der Waals surface area contributed by atoms with Gasteiger partial charge in [-0.15, -0.1) is 0 Å². The fraction of sp³-hybridized carbons (Fsp3) is 0.429. The highest BCUT2D eigenvalue weighted by atomic mass is 32.1. The zero-order valence-corrected chi connectivity index (χ0v) is 13.2. The van der Waals surface area contributed by atoms with E-state index >= 15 is 0 Å². The number of halogens is 4. The van der Waals surface area contributed by atoms with E-state index in [2.05, 4.69) is 14.9 Å². The molecule has 1 aromatic heterocycles. The predicted molar refractivity (Wildman–Crippen MR) is 79.4 cm³/mol. The first-order valence-electron chi connectivity index (χ1n) is 6.88. The first-order chi connectivity index (χ1) is 10.8. The lowest BCUT2D eigenvalue weighted by Gasteiger charge is -2.17. The minimum Gasteiger partial charge on any atom is -0.428 e. The Kier molecular flexibility index (Phi) is 5.08. The Hall–Kier alpha value is -1.90. The van der Waals surface area contributed by atoms with Crippen molar-refractivity contribution in [2.45, 2.75) is 38.8 Å². The van der Waals surface area contributed by atoms with Crippen molar-refractivity contribution in [1.29, 1.82) is 0 Å². The van der Waals surface area contributed by atoms with Crippen molar-refractivity contribution in [2.24, 2.45) is 0 Å². The van der Waals surface area contributed by atoms with Crippen LogP contribution in [0.1, 0.15) is 26.3 Å². The lowest BCUT2D eigenvalue weighted by Crippen LogP contribution is -2.33. The SMILES string of the molecule is CCC(C)n1c(-c2cccc(OC(F)(F)C(F)F)c2)n[nH]c1=S. The van der Waals surface area contributed by atoms with E-state index in [4.69, 9.17) is 12.2 Å². The summed E-state index contributed by atoms with van der Waals surface area (Å²) in [7, 11) is 0. The third-order valence-electron chi connectivity index (χ3n) is 3.34. The second-order valence-electron chi connectivity index (χ2n) is 4.97. The molecule has 2 rings (SSSR count). The maximum absolute atomic E-state index is 13.0. The van der Waals surface area contributed by atoms with Gasteiger partial charge in [0.05, 0.1) is 0 Å². The molecular formula is C14H15F4N3OS.